The zero-order valence-electron chi connectivity index (χ0n) is 18.9. The van der Waals surface area contributed by atoms with Gasteiger partial charge in [0, 0.05) is 26.6 Å². The van der Waals surface area contributed by atoms with Gasteiger partial charge >= 0.3 is 6.30 Å². The van der Waals surface area contributed by atoms with Crippen LogP contribution in [0.3, 0.4) is 0 Å². The highest BCUT2D eigenvalue weighted by Gasteiger charge is 2.42. The lowest BCUT2D eigenvalue weighted by molar-refractivity contribution is -0.228. The minimum absolute atomic E-state index is 0.185. The zero-order valence-corrected chi connectivity index (χ0v) is 19.7. The first-order valence-electron chi connectivity index (χ1n) is 10.7. The molecule has 0 spiro atoms. The number of nitrogens with zero attached hydrogens (tertiary/aromatic N) is 6. The molecule has 0 aliphatic carbocycles. The third-order valence-electron chi connectivity index (χ3n) is 4.77. The number of aromatic nitrogens is 5. The molecule has 0 unspecified atom stereocenters. The van der Waals surface area contributed by atoms with Gasteiger partial charge in [-0.2, -0.15) is 0 Å². The molecule has 10 nitrogen and oxygen atoms in total. The lowest BCUT2D eigenvalue weighted by Crippen LogP contribution is -2.42. The van der Waals surface area contributed by atoms with Gasteiger partial charge in [0.15, 0.2) is 5.69 Å². The number of carbonyl (C=O) groups excluding carboxylic acids is 2. The number of hydrogen-bond acceptors (Lipinski definition) is 8. The molecule has 0 radical (unpaired) electrons. The maximum atomic E-state index is 13.5. The number of aryl methyl sites for hydroxylation is 2. The topological polar surface area (TPSA) is 115 Å². The smallest absolute Gasteiger partial charge is 0.383 e. The Morgan fingerprint density at radius 3 is 2.63 bits per heavy atom. The number of unbranched alkanes of at least 4 members (excludes halogenated alkanes) is 1. The minimum atomic E-state index is -4.86. The second-order valence-electron chi connectivity index (χ2n) is 7.42. The van der Waals surface area contributed by atoms with Crippen LogP contribution < -0.4 is 5.32 Å². The van der Waals surface area contributed by atoms with Gasteiger partial charge in [0.2, 0.25) is 5.01 Å². The van der Waals surface area contributed by atoms with Gasteiger partial charge in [-0.15, -0.1) is 28.5 Å². The van der Waals surface area contributed by atoms with Gasteiger partial charge in [-0.05, 0) is 18.4 Å². The Morgan fingerprint density at radius 1 is 1.14 bits per heavy atom. The molecule has 14 heteroatoms. The summed E-state index contributed by atoms with van der Waals surface area (Å²) in [4.78, 5) is 24.3. The molecule has 2 amide bonds. The molecule has 3 aromatic rings. The Morgan fingerprint density at radius 2 is 1.91 bits per heavy atom. The summed E-state index contributed by atoms with van der Waals surface area (Å²) in [7, 11) is 1.54. The molecule has 0 bridgehead atoms. The third kappa shape index (κ3) is 7.82. The average molecular weight is 512 g/mol. The number of ether oxygens (including phenoxy) is 1. The first-order valence-corrected chi connectivity index (χ1v) is 11.5. The van der Waals surface area contributed by atoms with E-state index in [2.05, 4.69) is 25.8 Å². The largest absolute Gasteiger partial charge is 0.487 e. The van der Waals surface area contributed by atoms with Crippen LogP contribution in [0.1, 0.15) is 43.7 Å². The molecule has 188 valence electrons. The SMILES string of the molecule is COCCNC(=O)c1nnc(CCCCn2cc(C(=O)N(Cc3ccccc3)C(F)(F)F)nn2)s1. The fourth-order valence-corrected chi connectivity index (χ4v) is 3.82. The Kier molecular flexibility index (Phi) is 9.25. The van der Waals surface area contributed by atoms with E-state index in [4.69, 9.17) is 4.74 Å². The van der Waals surface area contributed by atoms with Gasteiger partial charge in [0.05, 0.1) is 19.3 Å². The van der Waals surface area contributed by atoms with E-state index in [0.29, 0.717) is 49.5 Å². The van der Waals surface area contributed by atoms with Gasteiger partial charge in [-0.25, -0.2) is 4.90 Å². The van der Waals surface area contributed by atoms with Crippen molar-refractivity contribution in [1.82, 2.24) is 35.4 Å². The minimum Gasteiger partial charge on any atom is -0.383 e. The maximum Gasteiger partial charge on any atom is 0.487 e. The molecule has 0 saturated heterocycles. The van der Waals surface area contributed by atoms with Crippen molar-refractivity contribution in [1.29, 1.82) is 0 Å². The highest BCUT2D eigenvalue weighted by atomic mass is 32.1. The van der Waals surface area contributed by atoms with Gasteiger partial charge < -0.3 is 10.1 Å². The molecule has 0 saturated carbocycles. The van der Waals surface area contributed by atoms with Crippen molar-refractivity contribution in [3.8, 4) is 0 Å². The number of rotatable bonds is 12. The monoisotopic (exact) mass is 511 g/mol. The van der Waals surface area contributed by atoms with E-state index in [1.165, 1.54) is 41.5 Å². The molecule has 35 heavy (non-hydrogen) atoms. The fourth-order valence-electron chi connectivity index (χ4n) is 3.03. The van der Waals surface area contributed by atoms with Crippen molar-refractivity contribution < 1.29 is 27.5 Å². The number of alkyl halides is 3. The van der Waals surface area contributed by atoms with Gasteiger partial charge in [0.1, 0.15) is 5.01 Å². The number of methoxy groups -OCH3 is 1. The number of halogens is 3. The van der Waals surface area contributed by atoms with Crippen molar-refractivity contribution in [3.05, 3.63) is 57.8 Å². The van der Waals surface area contributed by atoms with Gasteiger partial charge in [-0.1, -0.05) is 46.9 Å². The summed E-state index contributed by atoms with van der Waals surface area (Å²) in [5.74, 6) is -1.58. The molecule has 1 aromatic carbocycles. The number of amides is 2. The van der Waals surface area contributed by atoms with E-state index in [9.17, 15) is 22.8 Å². The summed E-state index contributed by atoms with van der Waals surface area (Å²) in [6.07, 6.45) is -1.80. The molecule has 0 fully saturated rings. The molecular weight excluding hydrogens is 487 g/mol. The summed E-state index contributed by atoms with van der Waals surface area (Å²) >= 11 is 1.19. The van der Waals surface area contributed by atoms with Crippen molar-refractivity contribution >= 4 is 23.2 Å². The van der Waals surface area contributed by atoms with Crippen molar-refractivity contribution in [2.24, 2.45) is 0 Å². The zero-order chi connectivity index (χ0) is 25.3. The lowest BCUT2D eigenvalue weighted by atomic mass is 10.2. The maximum absolute atomic E-state index is 13.5. The van der Waals surface area contributed by atoms with Crippen LogP contribution in [-0.4, -0.2) is 68.5 Å². The van der Waals surface area contributed by atoms with E-state index >= 15 is 0 Å². The second-order valence-corrected chi connectivity index (χ2v) is 8.48. The van der Waals surface area contributed by atoms with Crippen LogP contribution in [-0.2, 0) is 24.2 Å². The highest BCUT2D eigenvalue weighted by Crippen LogP contribution is 2.25. The van der Waals surface area contributed by atoms with E-state index in [0.717, 1.165) is 0 Å². The quantitative estimate of drug-likeness (QED) is 0.294. The molecule has 2 aromatic heterocycles. The van der Waals surface area contributed by atoms with Crippen molar-refractivity contribution in [3.63, 3.8) is 0 Å². The summed E-state index contributed by atoms with van der Waals surface area (Å²) < 4.78 is 46.7. The van der Waals surface area contributed by atoms with E-state index < -0.39 is 18.8 Å². The molecule has 0 aliphatic rings. The molecule has 2 heterocycles. The molecule has 3 rings (SSSR count). The van der Waals surface area contributed by atoms with Crippen molar-refractivity contribution in [2.45, 2.75) is 38.7 Å². The normalized spacial score (nSPS) is 11.4. The second kappa shape index (κ2) is 12.4. The fraction of sp³-hybridized carbons (Fsp3) is 0.429. The molecule has 1 N–H and O–H groups in total. The first kappa shape index (κ1) is 26.2. The molecule has 0 aliphatic heterocycles. The average Bonchev–Trinajstić information content (AvgIpc) is 3.50. The van der Waals surface area contributed by atoms with Crippen molar-refractivity contribution in [2.75, 3.05) is 20.3 Å². The Bertz CT molecular complexity index is 1110. The Balaban J connectivity index is 1.49. The first-order chi connectivity index (χ1) is 16.8. The van der Waals surface area contributed by atoms with E-state index in [1.807, 2.05) is 0 Å². The number of benzene rings is 1. The summed E-state index contributed by atoms with van der Waals surface area (Å²) in [5, 5.41) is 18.9. The van der Waals surface area contributed by atoms with E-state index in [-0.39, 0.29) is 21.5 Å². The van der Waals surface area contributed by atoms with Gasteiger partial charge in [0.25, 0.3) is 11.8 Å². The lowest BCUT2D eigenvalue weighted by Gasteiger charge is -2.24. The predicted octanol–water partition coefficient (Wildman–Crippen LogP) is 2.69. The van der Waals surface area contributed by atoms with Crippen LogP contribution in [0.2, 0.25) is 0 Å². The molecule has 0 atom stereocenters. The Labute approximate surface area is 203 Å². The third-order valence-corrected chi connectivity index (χ3v) is 5.75. The van der Waals surface area contributed by atoms with Crippen LogP contribution in [0.5, 0.6) is 0 Å². The number of carbonyl (C=O) groups is 2. The van der Waals surface area contributed by atoms with Crippen LogP contribution in [0.15, 0.2) is 36.5 Å². The van der Waals surface area contributed by atoms with Gasteiger partial charge in [-0.3, -0.25) is 14.3 Å². The summed E-state index contributed by atoms with van der Waals surface area (Å²) in [6, 6.07) is 7.91. The van der Waals surface area contributed by atoms with Crippen LogP contribution in [0.4, 0.5) is 13.2 Å². The standard InChI is InChI=1S/C21H24F3N7O3S/c1-34-12-10-25-18(32)19-28-27-17(35-19)9-5-6-11-30-14-16(26-29-30)20(33)31(21(22,23)24)13-15-7-3-2-4-8-15/h2-4,7-8,14H,5-6,9-13H2,1H3,(H,25,32). The Hall–Kier alpha value is -3.39. The number of hydrogen-bond donors (Lipinski definition) is 1. The van der Waals surface area contributed by atoms with Crippen LogP contribution in [0.25, 0.3) is 0 Å². The van der Waals surface area contributed by atoms with Crippen LogP contribution >= 0.6 is 11.3 Å². The predicted molar refractivity (Wildman–Crippen MR) is 119 cm³/mol. The number of nitrogens with one attached hydrogen (secondary N) is 1. The van der Waals surface area contributed by atoms with E-state index in [1.54, 1.807) is 18.2 Å². The van der Waals surface area contributed by atoms with Crippen LogP contribution in [0, 0.1) is 0 Å². The molecular formula is C21H24F3N7O3S. The summed E-state index contributed by atoms with van der Waals surface area (Å²) in [5.41, 5.74) is -0.0376. The highest BCUT2D eigenvalue weighted by molar-refractivity contribution is 7.13. The summed E-state index contributed by atoms with van der Waals surface area (Å²) in [6.45, 7) is 0.506.